The van der Waals surface area contributed by atoms with Gasteiger partial charge >= 0.3 is 0 Å². The standard InChI is InChI=1S/C15H11BrCl2N2O3/c16-13-6-5-12(22-13)15-19-14(23-20-15)2-1-7-21-11-4-3-9(17)8-10(11)18/h3-6,8H,1-2,7H2. The molecule has 2 aromatic heterocycles. The molecule has 0 fully saturated rings. The Morgan fingerprint density at radius 3 is 2.78 bits per heavy atom. The van der Waals surface area contributed by atoms with Crippen molar-refractivity contribution in [3.8, 4) is 17.3 Å². The van der Waals surface area contributed by atoms with Crippen LogP contribution in [0.15, 0.2) is 43.9 Å². The molecule has 0 amide bonds. The topological polar surface area (TPSA) is 61.3 Å². The van der Waals surface area contributed by atoms with Crippen LogP contribution in [0.1, 0.15) is 12.3 Å². The van der Waals surface area contributed by atoms with Crippen molar-refractivity contribution in [2.45, 2.75) is 12.8 Å². The second kappa shape index (κ2) is 7.38. The number of rotatable bonds is 6. The lowest BCUT2D eigenvalue weighted by atomic mass is 10.3. The maximum atomic E-state index is 6.03. The van der Waals surface area contributed by atoms with Crippen LogP contribution in [0.25, 0.3) is 11.6 Å². The van der Waals surface area contributed by atoms with E-state index in [1.165, 1.54) is 0 Å². The van der Waals surface area contributed by atoms with Crippen molar-refractivity contribution >= 4 is 39.1 Å². The minimum atomic E-state index is 0.423. The Bertz CT molecular complexity index is 804. The maximum absolute atomic E-state index is 6.03. The maximum Gasteiger partial charge on any atom is 0.238 e. The molecule has 3 aromatic rings. The van der Waals surface area contributed by atoms with Crippen molar-refractivity contribution in [3.63, 3.8) is 0 Å². The van der Waals surface area contributed by atoms with E-state index in [4.69, 9.17) is 36.9 Å². The van der Waals surface area contributed by atoms with Crippen LogP contribution >= 0.6 is 39.1 Å². The molecule has 0 N–H and O–H groups in total. The minimum Gasteiger partial charge on any atom is -0.492 e. The van der Waals surface area contributed by atoms with Crippen LogP contribution < -0.4 is 4.74 Å². The van der Waals surface area contributed by atoms with Gasteiger partial charge in [-0.3, -0.25) is 0 Å². The monoisotopic (exact) mass is 416 g/mol. The number of nitrogens with zero attached hydrogens (tertiary/aromatic N) is 2. The van der Waals surface area contributed by atoms with Gasteiger partial charge in [0.1, 0.15) is 5.75 Å². The van der Waals surface area contributed by atoms with Crippen molar-refractivity contribution in [1.82, 2.24) is 10.1 Å². The minimum absolute atomic E-state index is 0.423. The second-order valence-corrected chi connectivity index (χ2v) is 6.27. The van der Waals surface area contributed by atoms with Gasteiger partial charge < -0.3 is 13.7 Å². The van der Waals surface area contributed by atoms with Crippen LogP contribution in [0.4, 0.5) is 0 Å². The lowest BCUT2D eigenvalue weighted by Gasteiger charge is -2.07. The third-order valence-electron chi connectivity index (χ3n) is 2.95. The largest absolute Gasteiger partial charge is 0.492 e. The molecule has 2 heterocycles. The molecule has 0 radical (unpaired) electrons. The van der Waals surface area contributed by atoms with E-state index in [0.717, 1.165) is 0 Å². The molecule has 0 saturated heterocycles. The normalized spacial score (nSPS) is 10.9. The van der Waals surface area contributed by atoms with Gasteiger partial charge in [-0.15, -0.1) is 0 Å². The first kappa shape index (κ1) is 16.4. The summed E-state index contributed by atoms with van der Waals surface area (Å²) in [6.45, 7) is 0.478. The van der Waals surface area contributed by atoms with Crippen LogP contribution in [0.2, 0.25) is 10.0 Å². The summed E-state index contributed by atoms with van der Waals surface area (Å²) in [6.07, 6.45) is 1.31. The van der Waals surface area contributed by atoms with E-state index in [1.807, 2.05) is 0 Å². The summed E-state index contributed by atoms with van der Waals surface area (Å²) in [4.78, 5) is 4.28. The molecule has 5 nitrogen and oxygen atoms in total. The highest BCUT2D eigenvalue weighted by atomic mass is 79.9. The SMILES string of the molecule is Clc1ccc(OCCCc2nc(-c3ccc(Br)o3)no2)c(Cl)c1. The Kier molecular flexibility index (Phi) is 5.25. The number of aryl methyl sites for hydroxylation is 1. The zero-order valence-corrected chi connectivity index (χ0v) is 14.9. The Morgan fingerprint density at radius 1 is 1.17 bits per heavy atom. The Balaban J connectivity index is 1.50. The highest BCUT2D eigenvalue weighted by Gasteiger charge is 2.12. The molecule has 0 aliphatic heterocycles. The van der Waals surface area contributed by atoms with Crippen molar-refractivity contribution < 1.29 is 13.7 Å². The lowest BCUT2D eigenvalue weighted by Crippen LogP contribution is -2.00. The number of hydrogen-bond acceptors (Lipinski definition) is 5. The first-order valence-electron chi connectivity index (χ1n) is 6.78. The number of halogens is 3. The van der Waals surface area contributed by atoms with Gasteiger partial charge in [-0.2, -0.15) is 4.98 Å². The van der Waals surface area contributed by atoms with Gasteiger partial charge in [0.2, 0.25) is 11.7 Å². The molecular weight excluding hydrogens is 407 g/mol. The summed E-state index contributed by atoms with van der Waals surface area (Å²) in [7, 11) is 0. The van der Waals surface area contributed by atoms with Crippen LogP contribution in [0, 0.1) is 0 Å². The van der Waals surface area contributed by atoms with E-state index in [9.17, 15) is 0 Å². The summed E-state index contributed by atoms with van der Waals surface area (Å²) >= 11 is 15.1. The van der Waals surface area contributed by atoms with Gasteiger partial charge in [0, 0.05) is 11.4 Å². The number of ether oxygens (including phenoxy) is 1. The zero-order valence-electron chi connectivity index (χ0n) is 11.8. The van der Waals surface area contributed by atoms with E-state index >= 15 is 0 Å². The van der Waals surface area contributed by atoms with Crippen LogP contribution in [0.5, 0.6) is 5.75 Å². The summed E-state index contributed by atoms with van der Waals surface area (Å²) in [6, 6.07) is 8.66. The predicted octanol–water partition coefficient (Wildman–Crippen LogP) is 5.41. The van der Waals surface area contributed by atoms with Gasteiger partial charge in [0.05, 0.1) is 11.6 Å². The van der Waals surface area contributed by atoms with Gasteiger partial charge in [-0.25, -0.2) is 0 Å². The third kappa shape index (κ3) is 4.28. The highest BCUT2D eigenvalue weighted by Crippen LogP contribution is 2.27. The molecule has 23 heavy (non-hydrogen) atoms. The summed E-state index contributed by atoms with van der Waals surface area (Å²) < 4.78 is 16.8. The quantitative estimate of drug-likeness (QED) is 0.501. The first-order valence-corrected chi connectivity index (χ1v) is 8.33. The fraction of sp³-hybridized carbons (Fsp3) is 0.200. The second-order valence-electron chi connectivity index (χ2n) is 4.64. The number of aromatic nitrogens is 2. The van der Waals surface area contributed by atoms with Crippen LogP contribution in [0.3, 0.4) is 0 Å². The van der Waals surface area contributed by atoms with Gasteiger partial charge in [-0.1, -0.05) is 28.4 Å². The molecule has 0 aliphatic rings. The number of hydrogen-bond donors (Lipinski definition) is 0. The molecule has 3 rings (SSSR count). The fourth-order valence-corrected chi connectivity index (χ4v) is 2.66. The molecule has 0 aliphatic carbocycles. The Labute approximate surface area is 150 Å². The third-order valence-corrected chi connectivity index (χ3v) is 3.90. The molecule has 0 unspecified atom stereocenters. The molecule has 1 aromatic carbocycles. The van der Waals surface area contributed by atoms with Crippen molar-refractivity contribution in [2.75, 3.05) is 6.61 Å². The van der Waals surface area contributed by atoms with E-state index < -0.39 is 0 Å². The van der Waals surface area contributed by atoms with Gasteiger partial charge in [0.15, 0.2) is 10.4 Å². The van der Waals surface area contributed by atoms with Gasteiger partial charge in [0.25, 0.3) is 0 Å². The molecule has 0 bridgehead atoms. The molecule has 0 spiro atoms. The molecule has 0 saturated carbocycles. The average Bonchev–Trinajstić information content (AvgIpc) is 3.14. The fourth-order valence-electron chi connectivity index (χ4n) is 1.89. The first-order chi connectivity index (χ1) is 11.1. The molecular formula is C15H11BrCl2N2O3. The van der Waals surface area contributed by atoms with Crippen molar-refractivity contribution in [3.05, 3.63) is 50.9 Å². The van der Waals surface area contributed by atoms with E-state index in [0.29, 0.717) is 57.4 Å². The predicted molar refractivity (Wildman–Crippen MR) is 90.0 cm³/mol. The summed E-state index contributed by atoms with van der Waals surface area (Å²) in [5, 5.41) is 4.94. The van der Waals surface area contributed by atoms with E-state index in [1.54, 1.807) is 30.3 Å². The summed E-state index contributed by atoms with van der Waals surface area (Å²) in [5.74, 6) is 2.10. The molecule has 8 heteroatoms. The lowest BCUT2D eigenvalue weighted by molar-refractivity contribution is 0.298. The highest BCUT2D eigenvalue weighted by molar-refractivity contribution is 9.10. The van der Waals surface area contributed by atoms with E-state index in [-0.39, 0.29) is 0 Å². The summed E-state index contributed by atoms with van der Waals surface area (Å²) in [5.41, 5.74) is 0. The molecule has 120 valence electrons. The van der Waals surface area contributed by atoms with Crippen LogP contribution in [-0.4, -0.2) is 16.7 Å². The van der Waals surface area contributed by atoms with Gasteiger partial charge in [-0.05, 0) is 52.7 Å². The zero-order chi connectivity index (χ0) is 16.2. The van der Waals surface area contributed by atoms with Crippen molar-refractivity contribution in [2.24, 2.45) is 0 Å². The van der Waals surface area contributed by atoms with E-state index in [2.05, 4.69) is 26.1 Å². The smallest absolute Gasteiger partial charge is 0.238 e. The number of furan rings is 1. The van der Waals surface area contributed by atoms with Crippen molar-refractivity contribution in [1.29, 1.82) is 0 Å². The Morgan fingerprint density at radius 2 is 2.04 bits per heavy atom. The van der Waals surface area contributed by atoms with Crippen LogP contribution in [-0.2, 0) is 6.42 Å². The number of benzene rings is 1. The Hall–Kier alpha value is -1.50. The average molecular weight is 418 g/mol. The molecule has 0 atom stereocenters.